The SMILES string of the molecule is Cc1c(-c2cc3cc(NC(=O)C4CC4)ncc3n2C)ccc2c1ccn2COCC[Si](C)(C)C. The third-order valence-electron chi connectivity index (χ3n) is 6.85. The van der Waals surface area contributed by atoms with E-state index < -0.39 is 8.07 Å². The number of ether oxygens (including phenoxy) is 1. The van der Waals surface area contributed by atoms with Gasteiger partial charge >= 0.3 is 0 Å². The number of nitrogens with one attached hydrogen (secondary N) is 1. The molecular weight excluding hydrogens is 440 g/mol. The highest BCUT2D eigenvalue weighted by Gasteiger charge is 2.29. The zero-order valence-corrected chi connectivity index (χ0v) is 21.8. The predicted octanol–water partition coefficient (Wildman–Crippen LogP) is 6.16. The van der Waals surface area contributed by atoms with E-state index in [1.807, 2.05) is 12.3 Å². The van der Waals surface area contributed by atoms with E-state index >= 15 is 0 Å². The average molecular weight is 475 g/mol. The third kappa shape index (κ3) is 4.54. The fraction of sp³-hybridized carbons (Fsp3) is 0.407. The zero-order valence-electron chi connectivity index (χ0n) is 20.8. The van der Waals surface area contributed by atoms with Crippen molar-refractivity contribution < 1.29 is 9.53 Å². The highest BCUT2D eigenvalue weighted by Crippen LogP contribution is 2.34. The number of aromatic nitrogens is 3. The molecule has 1 N–H and O–H groups in total. The lowest BCUT2D eigenvalue weighted by Gasteiger charge is -2.16. The van der Waals surface area contributed by atoms with Crippen LogP contribution >= 0.6 is 0 Å². The lowest BCUT2D eigenvalue weighted by molar-refractivity contribution is -0.117. The summed E-state index contributed by atoms with van der Waals surface area (Å²) in [6.45, 7) is 10.7. The van der Waals surface area contributed by atoms with E-state index in [1.165, 1.54) is 28.1 Å². The normalized spacial score (nSPS) is 14.3. The van der Waals surface area contributed by atoms with Crippen LogP contribution < -0.4 is 5.32 Å². The first-order valence-electron chi connectivity index (χ1n) is 12.1. The van der Waals surface area contributed by atoms with Crippen molar-refractivity contribution in [2.45, 2.75) is 52.2 Å². The molecular formula is C27H34N4O2Si. The van der Waals surface area contributed by atoms with E-state index in [0.717, 1.165) is 36.0 Å². The lowest BCUT2D eigenvalue weighted by atomic mass is 10.0. The summed E-state index contributed by atoms with van der Waals surface area (Å²) in [5.74, 6) is 0.870. The molecule has 0 spiro atoms. The van der Waals surface area contributed by atoms with Gasteiger partial charge in [-0.2, -0.15) is 0 Å². The van der Waals surface area contributed by atoms with E-state index in [0.29, 0.717) is 12.5 Å². The van der Waals surface area contributed by atoms with Gasteiger partial charge in [0, 0.05) is 55.9 Å². The van der Waals surface area contributed by atoms with Crippen LogP contribution in [-0.2, 0) is 23.3 Å². The van der Waals surface area contributed by atoms with Crippen molar-refractivity contribution in [1.82, 2.24) is 14.1 Å². The van der Waals surface area contributed by atoms with Crippen molar-refractivity contribution in [3.63, 3.8) is 0 Å². The number of aryl methyl sites for hydroxylation is 2. The van der Waals surface area contributed by atoms with Gasteiger partial charge in [-0.25, -0.2) is 4.98 Å². The molecule has 0 radical (unpaired) electrons. The molecule has 1 saturated carbocycles. The molecule has 4 aromatic rings. The fourth-order valence-electron chi connectivity index (χ4n) is 4.49. The van der Waals surface area contributed by atoms with Crippen molar-refractivity contribution in [1.29, 1.82) is 0 Å². The van der Waals surface area contributed by atoms with Crippen molar-refractivity contribution in [2.24, 2.45) is 13.0 Å². The minimum Gasteiger partial charge on any atom is -0.361 e. The Balaban J connectivity index is 1.41. The van der Waals surface area contributed by atoms with Crippen LogP contribution in [0.2, 0.25) is 25.7 Å². The number of hydrogen-bond acceptors (Lipinski definition) is 3. The Kier molecular flexibility index (Phi) is 5.86. The van der Waals surface area contributed by atoms with Crippen LogP contribution in [0.15, 0.2) is 42.7 Å². The molecule has 34 heavy (non-hydrogen) atoms. The molecule has 1 fully saturated rings. The molecule has 1 aromatic carbocycles. The van der Waals surface area contributed by atoms with E-state index in [9.17, 15) is 4.79 Å². The maximum Gasteiger partial charge on any atom is 0.228 e. The summed E-state index contributed by atoms with van der Waals surface area (Å²) in [5, 5.41) is 5.28. The first-order chi connectivity index (χ1) is 16.2. The number of benzene rings is 1. The van der Waals surface area contributed by atoms with Gasteiger partial charge in [0.15, 0.2) is 0 Å². The predicted molar refractivity (Wildman–Crippen MR) is 142 cm³/mol. The quantitative estimate of drug-likeness (QED) is 0.246. The molecule has 178 valence electrons. The maximum atomic E-state index is 12.1. The van der Waals surface area contributed by atoms with Crippen LogP contribution in [0.25, 0.3) is 33.1 Å². The Bertz CT molecular complexity index is 1380. The molecule has 5 rings (SSSR count). The molecule has 3 heterocycles. The van der Waals surface area contributed by atoms with Crippen LogP contribution in [0.5, 0.6) is 0 Å². The molecule has 3 aromatic heterocycles. The summed E-state index contributed by atoms with van der Waals surface area (Å²) >= 11 is 0. The second-order valence-electron chi connectivity index (χ2n) is 10.8. The van der Waals surface area contributed by atoms with Gasteiger partial charge in [0.05, 0.1) is 17.2 Å². The van der Waals surface area contributed by atoms with Crippen molar-refractivity contribution in [3.05, 3.63) is 48.3 Å². The molecule has 1 amide bonds. The van der Waals surface area contributed by atoms with Crippen LogP contribution in [0.3, 0.4) is 0 Å². The van der Waals surface area contributed by atoms with Crippen molar-refractivity contribution in [2.75, 3.05) is 11.9 Å². The van der Waals surface area contributed by atoms with Gasteiger partial charge in [-0.15, -0.1) is 0 Å². The Morgan fingerprint density at radius 2 is 1.97 bits per heavy atom. The maximum absolute atomic E-state index is 12.1. The first kappa shape index (κ1) is 22.9. The number of carbonyl (C=O) groups is 1. The largest absolute Gasteiger partial charge is 0.361 e. The van der Waals surface area contributed by atoms with Gasteiger partial charge in [-0.1, -0.05) is 25.7 Å². The number of carbonyl (C=O) groups excluding carboxylic acids is 1. The van der Waals surface area contributed by atoms with Gasteiger partial charge in [-0.05, 0) is 55.6 Å². The van der Waals surface area contributed by atoms with Gasteiger partial charge in [0.25, 0.3) is 0 Å². The molecule has 0 atom stereocenters. The second-order valence-corrected chi connectivity index (χ2v) is 16.4. The van der Waals surface area contributed by atoms with E-state index in [-0.39, 0.29) is 11.8 Å². The topological polar surface area (TPSA) is 61.1 Å². The zero-order chi connectivity index (χ0) is 24.0. The van der Waals surface area contributed by atoms with Crippen LogP contribution in [0.1, 0.15) is 18.4 Å². The third-order valence-corrected chi connectivity index (χ3v) is 8.56. The van der Waals surface area contributed by atoms with Crippen LogP contribution in [-0.4, -0.2) is 34.7 Å². The molecule has 6 nitrogen and oxygen atoms in total. The summed E-state index contributed by atoms with van der Waals surface area (Å²) < 4.78 is 10.4. The number of fused-ring (bicyclic) bond motifs is 2. The number of hydrogen-bond donors (Lipinski definition) is 1. The van der Waals surface area contributed by atoms with E-state index in [2.05, 4.69) is 83.5 Å². The summed E-state index contributed by atoms with van der Waals surface area (Å²) in [7, 11) is 0.990. The molecule has 0 bridgehead atoms. The molecule has 7 heteroatoms. The number of rotatable bonds is 8. The standard InChI is InChI=1S/C27H34N4O2Si/c1-18-21(8-9-23-22(18)10-11-31(23)17-33-12-13-34(3,4)5)24-14-20-15-26(28-16-25(20)30(24)2)29-27(32)19-6-7-19/h8-11,14-16,19H,6-7,12-13,17H2,1-5H3,(H,28,29,32). The molecule has 0 unspecified atom stereocenters. The molecule has 1 aliphatic rings. The van der Waals surface area contributed by atoms with E-state index in [4.69, 9.17) is 4.74 Å². The number of anilines is 1. The highest BCUT2D eigenvalue weighted by atomic mass is 28.3. The number of pyridine rings is 1. The Labute approximate surface area is 201 Å². The van der Waals surface area contributed by atoms with Gasteiger partial charge in [-0.3, -0.25) is 4.79 Å². The van der Waals surface area contributed by atoms with Crippen LogP contribution in [0, 0.1) is 12.8 Å². The molecule has 1 aliphatic carbocycles. The average Bonchev–Trinajstić information content (AvgIpc) is 3.48. The number of amides is 1. The minimum absolute atomic E-state index is 0.0817. The summed E-state index contributed by atoms with van der Waals surface area (Å²) in [6.07, 6.45) is 5.94. The van der Waals surface area contributed by atoms with Crippen molar-refractivity contribution >= 4 is 41.6 Å². The summed E-state index contributed by atoms with van der Waals surface area (Å²) in [5.41, 5.74) is 5.83. The van der Waals surface area contributed by atoms with Gasteiger partial charge < -0.3 is 19.2 Å². The minimum atomic E-state index is -1.08. The lowest BCUT2D eigenvalue weighted by Crippen LogP contribution is -2.21. The summed E-state index contributed by atoms with van der Waals surface area (Å²) in [4.78, 5) is 16.6. The van der Waals surface area contributed by atoms with Crippen molar-refractivity contribution in [3.8, 4) is 11.3 Å². The molecule has 0 saturated heterocycles. The fourth-order valence-corrected chi connectivity index (χ4v) is 5.24. The molecule has 0 aliphatic heterocycles. The monoisotopic (exact) mass is 474 g/mol. The smallest absolute Gasteiger partial charge is 0.228 e. The Hall–Kier alpha value is -2.90. The van der Waals surface area contributed by atoms with Gasteiger partial charge in [0.1, 0.15) is 12.5 Å². The Morgan fingerprint density at radius 1 is 1.18 bits per heavy atom. The highest BCUT2D eigenvalue weighted by molar-refractivity contribution is 6.76. The first-order valence-corrected chi connectivity index (χ1v) is 15.8. The number of nitrogens with zero attached hydrogens (tertiary/aromatic N) is 3. The second kappa shape index (κ2) is 8.71. The van der Waals surface area contributed by atoms with Gasteiger partial charge in [0.2, 0.25) is 5.91 Å². The van der Waals surface area contributed by atoms with E-state index in [1.54, 1.807) is 0 Å². The van der Waals surface area contributed by atoms with Crippen LogP contribution in [0.4, 0.5) is 5.82 Å². The summed E-state index contributed by atoms with van der Waals surface area (Å²) in [6, 6.07) is 11.9. The Morgan fingerprint density at radius 3 is 2.71 bits per heavy atom.